The van der Waals surface area contributed by atoms with Crippen LogP contribution in [0.3, 0.4) is 0 Å². The lowest BCUT2D eigenvalue weighted by Gasteiger charge is -2.23. The molecule has 1 aliphatic heterocycles. The van der Waals surface area contributed by atoms with Crippen LogP contribution in [0.4, 0.5) is 0 Å². The normalized spacial score (nSPS) is 16.9. The summed E-state index contributed by atoms with van der Waals surface area (Å²) in [4.78, 5) is 23.6. The summed E-state index contributed by atoms with van der Waals surface area (Å²) in [7, 11) is 0. The Hall–Kier alpha value is -1.33. The van der Waals surface area contributed by atoms with E-state index in [4.69, 9.17) is 4.74 Å². The summed E-state index contributed by atoms with van der Waals surface area (Å²) < 4.78 is 5.96. The molecule has 0 aromatic heterocycles. The minimum atomic E-state index is -0.305. The minimum Gasteiger partial charge on any atom is -0.362 e. The van der Waals surface area contributed by atoms with Crippen LogP contribution in [0.25, 0.3) is 0 Å². The number of morpholine rings is 1. The van der Waals surface area contributed by atoms with E-state index in [0.717, 1.165) is 21.1 Å². The summed E-state index contributed by atoms with van der Waals surface area (Å²) in [6.07, 6.45) is 0. The predicted molar refractivity (Wildman–Crippen MR) is 55.0 cm³/mol. The number of carbonyl (C=O) groups is 2. The lowest BCUT2D eigenvalue weighted by molar-refractivity contribution is -0.150. The second kappa shape index (κ2) is 4.46. The SMILES string of the molecule is O=C1COCC(=O)N1Sc1ccccc1. The van der Waals surface area contributed by atoms with Crippen LogP contribution in [0.15, 0.2) is 35.2 Å². The van der Waals surface area contributed by atoms with Gasteiger partial charge in [-0.3, -0.25) is 9.59 Å². The van der Waals surface area contributed by atoms with Crippen LogP contribution in [0.2, 0.25) is 0 Å². The zero-order chi connectivity index (χ0) is 10.7. The maximum atomic E-state index is 11.4. The Morgan fingerprint density at radius 2 is 1.67 bits per heavy atom. The van der Waals surface area contributed by atoms with E-state index in [1.54, 1.807) is 0 Å². The van der Waals surface area contributed by atoms with Crippen molar-refractivity contribution in [1.29, 1.82) is 0 Å². The third-order valence-corrected chi connectivity index (χ3v) is 2.92. The van der Waals surface area contributed by atoms with Crippen molar-refractivity contribution in [2.24, 2.45) is 0 Å². The highest BCUT2D eigenvalue weighted by Gasteiger charge is 2.27. The third kappa shape index (κ3) is 2.37. The van der Waals surface area contributed by atoms with Gasteiger partial charge in [-0.05, 0) is 24.1 Å². The number of imide groups is 1. The van der Waals surface area contributed by atoms with Gasteiger partial charge < -0.3 is 4.74 Å². The van der Waals surface area contributed by atoms with Crippen molar-refractivity contribution < 1.29 is 14.3 Å². The first-order chi connectivity index (χ1) is 7.27. The van der Waals surface area contributed by atoms with Crippen molar-refractivity contribution in [3.05, 3.63) is 30.3 Å². The van der Waals surface area contributed by atoms with Gasteiger partial charge in [0.25, 0.3) is 11.8 Å². The first-order valence-electron chi connectivity index (χ1n) is 4.44. The average molecular weight is 223 g/mol. The molecule has 0 bridgehead atoms. The molecule has 0 saturated carbocycles. The van der Waals surface area contributed by atoms with Gasteiger partial charge >= 0.3 is 0 Å². The van der Waals surface area contributed by atoms with Crippen LogP contribution in [0, 0.1) is 0 Å². The van der Waals surface area contributed by atoms with Crippen molar-refractivity contribution >= 4 is 23.8 Å². The van der Waals surface area contributed by atoms with Gasteiger partial charge in [-0.25, -0.2) is 4.31 Å². The lowest BCUT2D eigenvalue weighted by atomic mass is 10.4. The second-order valence-corrected chi connectivity index (χ2v) is 4.00. The Balaban J connectivity index is 2.10. The Kier molecular flexibility index (Phi) is 3.03. The van der Waals surface area contributed by atoms with E-state index in [0.29, 0.717) is 0 Å². The van der Waals surface area contributed by atoms with E-state index >= 15 is 0 Å². The van der Waals surface area contributed by atoms with Crippen LogP contribution >= 0.6 is 11.9 Å². The van der Waals surface area contributed by atoms with Crippen molar-refractivity contribution in [2.75, 3.05) is 13.2 Å². The number of carbonyl (C=O) groups excluding carboxylic acids is 2. The van der Waals surface area contributed by atoms with Crippen LogP contribution < -0.4 is 0 Å². The molecule has 1 heterocycles. The maximum Gasteiger partial charge on any atom is 0.265 e. The molecule has 1 aromatic carbocycles. The molecule has 5 heteroatoms. The van der Waals surface area contributed by atoms with Crippen LogP contribution in [0.5, 0.6) is 0 Å². The Morgan fingerprint density at radius 1 is 1.07 bits per heavy atom. The molecule has 0 aliphatic carbocycles. The fourth-order valence-corrected chi connectivity index (χ4v) is 1.97. The molecule has 15 heavy (non-hydrogen) atoms. The molecule has 0 radical (unpaired) electrons. The van der Waals surface area contributed by atoms with E-state index in [-0.39, 0.29) is 25.0 Å². The van der Waals surface area contributed by atoms with Crippen molar-refractivity contribution in [1.82, 2.24) is 4.31 Å². The highest BCUT2D eigenvalue weighted by atomic mass is 32.2. The Morgan fingerprint density at radius 3 is 2.27 bits per heavy atom. The van der Waals surface area contributed by atoms with E-state index in [9.17, 15) is 9.59 Å². The number of benzene rings is 1. The lowest BCUT2D eigenvalue weighted by Crippen LogP contribution is -2.41. The fourth-order valence-electron chi connectivity index (χ4n) is 1.17. The fraction of sp³-hybridized carbons (Fsp3) is 0.200. The summed E-state index contributed by atoms with van der Waals surface area (Å²) in [5.41, 5.74) is 0. The topological polar surface area (TPSA) is 46.6 Å². The highest BCUT2D eigenvalue weighted by Crippen LogP contribution is 2.23. The number of ether oxygens (including phenoxy) is 1. The van der Waals surface area contributed by atoms with E-state index in [2.05, 4.69) is 0 Å². The van der Waals surface area contributed by atoms with Crippen LogP contribution in [-0.2, 0) is 14.3 Å². The standard InChI is InChI=1S/C10H9NO3S/c12-9-6-14-7-10(13)11(9)15-8-4-2-1-3-5-8/h1-5H,6-7H2. The van der Waals surface area contributed by atoms with Gasteiger partial charge in [0.2, 0.25) is 0 Å². The molecule has 0 N–H and O–H groups in total. The average Bonchev–Trinajstić information content (AvgIpc) is 2.25. The molecule has 0 unspecified atom stereocenters. The first kappa shape index (κ1) is 10.2. The molecule has 1 aromatic rings. The summed E-state index contributed by atoms with van der Waals surface area (Å²) in [6, 6.07) is 9.30. The molecule has 1 aliphatic rings. The van der Waals surface area contributed by atoms with E-state index in [1.165, 1.54) is 0 Å². The Labute approximate surface area is 91.3 Å². The molecule has 0 atom stereocenters. The summed E-state index contributed by atoms with van der Waals surface area (Å²) in [6.45, 7) is -0.0445. The predicted octanol–water partition coefficient (Wildman–Crippen LogP) is 1.08. The summed E-state index contributed by atoms with van der Waals surface area (Å²) in [5, 5.41) is 0. The van der Waals surface area contributed by atoms with Gasteiger partial charge in [0, 0.05) is 4.90 Å². The van der Waals surface area contributed by atoms with Gasteiger partial charge in [0.15, 0.2) is 0 Å². The van der Waals surface area contributed by atoms with Gasteiger partial charge in [0.1, 0.15) is 13.2 Å². The van der Waals surface area contributed by atoms with Gasteiger partial charge in [0.05, 0.1) is 0 Å². The quantitative estimate of drug-likeness (QED) is 0.556. The minimum absolute atomic E-state index is 0.0222. The zero-order valence-electron chi connectivity index (χ0n) is 7.88. The third-order valence-electron chi connectivity index (χ3n) is 1.84. The highest BCUT2D eigenvalue weighted by molar-refractivity contribution is 7.98. The molecule has 4 nitrogen and oxygen atoms in total. The van der Waals surface area contributed by atoms with Gasteiger partial charge in [-0.2, -0.15) is 0 Å². The Bertz CT molecular complexity index is 364. The monoisotopic (exact) mass is 223 g/mol. The zero-order valence-corrected chi connectivity index (χ0v) is 8.70. The number of rotatable bonds is 2. The van der Waals surface area contributed by atoms with Crippen molar-refractivity contribution in [3.63, 3.8) is 0 Å². The van der Waals surface area contributed by atoms with E-state index in [1.807, 2.05) is 30.3 Å². The number of nitrogens with zero attached hydrogens (tertiary/aromatic N) is 1. The maximum absolute atomic E-state index is 11.4. The van der Waals surface area contributed by atoms with Crippen LogP contribution in [-0.4, -0.2) is 29.3 Å². The molecular formula is C10H9NO3S. The molecule has 1 saturated heterocycles. The smallest absolute Gasteiger partial charge is 0.265 e. The number of amides is 2. The van der Waals surface area contributed by atoms with E-state index < -0.39 is 0 Å². The van der Waals surface area contributed by atoms with Crippen molar-refractivity contribution in [3.8, 4) is 0 Å². The summed E-state index contributed by atoms with van der Waals surface area (Å²) >= 11 is 1.13. The molecule has 1 fully saturated rings. The first-order valence-corrected chi connectivity index (χ1v) is 5.21. The second-order valence-electron chi connectivity index (χ2n) is 2.98. The molecule has 78 valence electrons. The largest absolute Gasteiger partial charge is 0.362 e. The molecule has 2 amide bonds. The molecule has 2 rings (SSSR count). The van der Waals surface area contributed by atoms with Crippen LogP contribution in [0.1, 0.15) is 0 Å². The molecular weight excluding hydrogens is 214 g/mol. The molecule has 0 spiro atoms. The summed E-state index contributed by atoms with van der Waals surface area (Å²) in [5.74, 6) is -0.611. The number of hydrogen-bond donors (Lipinski definition) is 0. The number of hydrogen-bond acceptors (Lipinski definition) is 4. The van der Waals surface area contributed by atoms with Gasteiger partial charge in [-0.15, -0.1) is 0 Å². The van der Waals surface area contributed by atoms with Crippen molar-refractivity contribution in [2.45, 2.75) is 4.90 Å². The van der Waals surface area contributed by atoms with Gasteiger partial charge in [-0.1, -0.05) is 18.2 Å².